The van der Waals surface area contributed by atoms with Gasteiger partial charge in [-0.15, -0.1) is 0 Å². The Bertz CT molecular complexity index is 640. The van der Waals surface area contributed by atoms with Crippen molar-refractivity contribution in [2.45, 2.75) is 25.9 Å². The maximum absolute atomic E-state index is 6.18. The van der Waals surface area contributed by atoms with E-state index in [0.29, 0.717) is 0 Å². The van der Waals surface area contributed by atoms with E-state index in [2.05, 4.69) is 12.2 Å². The molecule has 2 nitrogen and oxygen atoms in total. The highest BCUT2D eigenvalue weighted by molar-refractivity contribution is 6.31. The van der Waals surface area contributed by atoms with Crippen LogP contribution in [0.25, 0.3) is 0 Å². The highest BCUT2D eigenvalue weighted by atomic mass is 35.5. The van der Waals surface area contributed by atoms with Gasteiger partial charge < -0.3 is 10.1 Å². The van der Waals surface area contributed by atoms with Crippen molar-refractivity contribution >= 4 is 23.2 Å². The summed E-state index contributed by atoms with van der Waals surface area (Å²) in [5.74, 6) is 0.996. The lowest BCUT2D eigenvalue weighted by atomic mass is 10.1. The predicted octanol–water partition coefficient (Wildman–Crippen LogP) is 4.78. The normalized spacial score (nSPS) is 14.6. The molecule has 2 aromatic rings. The average Bonchev–Trinajstić information content (AvgIpc) is 2.93. The first-order valence-corrected chi connectivity index (χ1v) is 7.82. The van der Waals surface area contributed by atoms with Gasteiger partial charge in [-0.2, -0.15) is 0 Å². The summed E-state index contributed by atoms with van der Waals surface area (Å²) in [6, 6.07) is 12.1. The second-order valence-electron chi connectivity index (χ2n) is 5.31. The van der Waals surface area contributed by atoms with Crippen LogP contribution in [0.3, 0.4) is 0 Å². The minimum atomic E-state index is 0.235. The summed E-state index contributed by atoms with van der Waals surface area (Å²) in [5, 5.41) is 5.04. The molecule has 1 aliphatic heterocycles. The first kappa shape index (κ1) is 14.7. The van der Waals surface area contributed by atoms with Gasteiger partial charge in [0.05, 0.1) is 6.61 Å². The van der Waals surface area contributed by atoms with Crippen LogP contribution in [0.15, 0.2) is 36.4 Å². The Morgan fingerprint density at radius 3 is 2.67 bits per heavy atom. The highest BCUT2D eigenvalue weighted by Gasteiger charge is 2.18. The summed E-state index contributed by atoms with van der Waals surface area (Å²) in [6.45, 7) is 3.61. The molecule has 4 heteroatoms. The molecule has 0 bridgehead atoms. The number of halogens is 2. The first-order chi connectivity index (χ1) is 10.1. The Kier molecular flexibility index (Phi) is 4.39. The van der Waals surface area contributed by atoms with E-state index >= 15 is 0 Å². The fourth-order valence-corrected chi connectivity index (χ4v) is 3.00. The number of rotatable bonds is 4. The molecule has 1 atom stereocenters. The molecule has 1 N–H and O–H groups in total. The zero-order chi connectivity index (χ0) is 14.8. The van der Waals surface area contributed by atoms with Crippen LogP contribution in [0.1, 0.15) is 29.7 Å². The van der Waals surface area contributed by atoms with Crippen molar-refractivity contribution in [3.63, 3.8) is 0 Å². The van der Waals surface area contributed by atoms with E-state index in [4.69, 9.17) is 27.9 Å². The molecule has 0 aliphatic carbocycles. The molecule has 1 heterocycles. The van der Waals surface area contributed by atoms with E-state index < -0.39 is 0 Å². The van der Waals surface area contributed by atoms with Crippen LogP contribution in [0.2, 0.25) is 10.0 Å². The molecule has 2 aromatic carbocycles. The molecular formula is C17H17Cl2NO. The van der Waals surface area contributed by atoms with Gasteiger partial charge in [-0.1, -0.05) is 35.3 Å². The van der Waals surface area contributed by atoms with Crippen LogP contribution in [-0.2, 0) is 13.0 Å². The lowest BCUT2D eigenvalue weighted by Gasteiger charge is -2.16. The van der Waals surface area contributed by atoms with Gasteiger partial charge in [0.15, 0.2) is 0 Å². The fraction of sp³-hybridized carbons (Fsp3) is 0.294. The van der Waals surface area contributed by atoms with Gasteiger partial charge in [-0.25, -0.2) is 0 Å². The maximum Gasteiger partial charge on any atom is 0.127 e. The Labute approximate surface area is 135 Å². The van der Waals surface area contributed by atoms with Crippen molar-refractivity contribution in [1.82, 2.24) is 5.32 Å². The van der Waals surface area contributed by atoms with Gasteiger partial charge in [-0.05, 0) is 42.3 Å². The van der Waals surface area contributed by atoms with Crippen molar-refractivity contribution in [2.75, 3.05) is 6.61 Å². The van der Waals surface area contributed by atoms with Gasteiger partial charge >= 0.3 is 0 Å². The number of hydrogen-bond donors (Lipinski definition) is 1. The lowest BCUT2D eigenvalue weighted by Crippen LogP contribution is -2.18. The van der Waals surface area contributed by atoms with E-state index in [0.717, 1.165) is 40.9 Å². The standard InChI is InChI=1S/C17H17Cl2NO/c1-11(12-2-4-15(18)5-3-12)20-10-14-9-16(19)8-13-6-7-21-17(13)14/h2-5,8-9,11,20H,6-7,10H2,1H3/t11-/m1/s1. The molecule has 1 aliphatic rings. The topological polar surface area (TPSA) is 21.3 Å². The minimum absolute atomic E-state index is 0.235. The Balaban J connectivity index is 1.72. The molecule has 0 fully saturated rings. The van der Waals surface area contributed by atoms with E-state index in [1.165, 1.54) is 11.1 Å². The van der Waals surface area contributed by atoms with Crippen LogP contribution in [0.5, 0.6) is 5.75 Å². The molecule has 0 saturated carbocycles. The zero-order valence-corrected chi connectivity index (χ0v) is 13.3. The number of benzene rings is 2. The van der Waals surface area contributed by atoms with Crippen molar-refractivity contribution < 1.29 is 4.74 Å². The van der Waals surface area contributed by atoms with Gasteiger partial charge in [0, 0.05) is 34.6 Å². The summed E-state index contributed by atoms with van der Waals surface area (Å²) >= 11 is 12.1. The van der Waals surface area contributed by atoms with Crippen molar-refractivity contribution in [3.05, 3.63) is 63.1 Å². The number of fused-ring (bicyclic) bond motifs is 1. The first-order valence-electron chi connectivity index (χ1n) is 7.06. The van der Waals surface area contributed by atoms with Crippen LogP contribution in [0, 0.1) is 0 Å². The Morgan fingerprint density at radius 2 is 1.90 bits per heavy atom. The minimum Gasteiger partial charge on any atom is -0.493 e. The van der Waals surface area contributed by atoms with Crippen molar-refractivity contribution in [2.24, 2.45) is 0 Å². The van der Waals surface area contributed by atoms with Crippen LogP contribution in [-0.4, -0.2) is 6.61 Å². The van der Waals surface area contributed by atoms with Gasteiger partial charge in [0.25, 0.3) is 0 Å². The number of ether oxygens (including phenoxy) is 1. The average molecular weight is 322 g/mol. The van der Waals surface area contributed by atoms with Gasteiger partial charge in [0.1, 0.15) is 5.75 Å². The SMILES string of the molecule is C[C@@H](NCc1cc(Cl)cc2c1OCC2)c1ccc(Cl)cc1. The van der Waals surface area contributed by atoms with E-state index in [1.807, 2.05) is 36.4 Å². The molecular weight excluding hydrogens is 305 g/mol. The summed E-state index contributed by atoms with van der Waals surface area (Å²) in [4.78, 5) is 0. The van der Waals surface area contributed by atoms with Crippen molar-refractivity contribution in [3.8, 4) is 5.75 Å². The lowest BCUT2D eigenvalue weighted by molar-refractivity contribution is 0.351. The Morgan fingerprint density at radius 1 is 1.14 bits per heavy atom. The smallest absolute Gasteiger partial charge is 0.127 e. The van der Waals surface area contributed by atoms with Gasteiger partial charge in [-0.3, -0.25) is 0 Å². The van der Waals surface area contributed by atoms with Crippen molar-refractivity contribution in [1.29, 1.82) is 0 Å². The number of nitrogens with one attached hydrogen (secondary N) is 1. The molecule has 21 heavy (non-hydrogen) atoms. The monoisotopic (exact) mass is 321 g/mol. The summed E-state index contributed by atoms with van der Waals surface area (Å²) in [5.41, 5.74) is 3.54. The van der Waals surface area contributed by atoms with Crippen LogP contribution in [0.4, 0.5) is 0 Å². The zero-order valence-electron chi connectivity index (χ0n) is 11.8. The maximum atomic E-state index is 6.18. The highest BCUT2D eigenvalue weighted by Crippen LogP contribution is 2.33. The third-order valence-electron chi connectivity index (χ3n) is 3.79. The third-order valence-corrected chi connectivity index (χ3v) is 4.26. The van der Waals surface area contributed by atoms with E-state index in [9.17, 15) is 0 Å². The molecule has 110 valence electrons. The molecule has 0 saturated heterocycles. The number of hydrogen-bond acceptors (Lipinski definition) is 2. The summed E-state index contributed by atoms with van der Waals surface area (Å²) in [6.07, 6.45) is 0.940. The molecule has 3 rings (SSSR count). The van der Waals surface area contributed by atoms with Crippen LogP contribution >= 0.6 is 23.2 Å². The fourth-order valence-electron chi connectivity index (χ4n) is 2.61. The quantitative estimate of drug-likeness (QED) is 0.875. The molecule has 0 unspecified atom stereocenters. The molecule has 0 amide bonds. The molecule has 0 spiro atoms. The van der Waals surface area contributed by atoms with Crippen LogP contribution < -0.4 is 10.1 Å². The summed E-state index contributed by atoms with van der Waals surface area (Å²) in [7, 11) is 0. The Hall–Kier alpha value is -1.22. The van der Waals surface area contributed by atoms with Gasteiger partial charge in [0.2, 0.25) is 0 Å². The molecule has 0 radical (unpaired) electrons. The van der Waals surface area contributed by atoms with E-state index in [-0.39, 0.29) is 6.04 Å². The second kappa shape index (κ2) is 6.27. The third kappa shape index (κ3) is 3.34. The largest absolute Gasteiger partial charge is 0.493 e. The van der Waals surface area contributed by atoms with E-state index in [1.54, 1.807) is 0 Å². The predicted molar refractivity (Wildman–Crippen MR) is 87.4 cm³/mol. The molecule has 0 aromatic heterocycles. The second-order valence-corrected chi connectivity index (χ2v) is 6.18. The summed E-state index contributed by atoms with van der Waals surface area (Å²) < 4.78 is 5.72.